The lowest BCUT2D eigenvalue weighted by atomic mass is 10.0. The highest BCUT2D eigenvalue weighted by Crippen LogP contribution is 2.40. The van der Waals surface area contributed by atoms with Crippen LogP contribution in [0.4, 0.5) is 5.69 Å². The number of hydrogen-bond donors (Lipinski definition) is 0. The summed E-state index contributed by atoms with van der Waals surface area (Å²) in [5.74, 6) is 0.515. The molecule has 2 aromatic carbocycles. The zero-order chi connectivity index (χ0) is 20.1. The van der Waals surface area contributed by atoms with E-state index < -0.39 is 0 Å². The van der Waals surface area contributed by atoms with Crippen LogP contribution in [0.5, 0.6) is 0 Å². The van der Waals surface area contributed by atoms with E-state index >= 15 is 0 Å². The summed E-state index contributed by atoms with van der Waals surface area (Å²) in [6.45, 7) is 6.87. The first-order valence-corrected chi connectivity index (χ1v) is 12.1. The number of anilines is 1. The topological polar surface area (TPSA) is 16.1 Å². The highest BCUT2D eigenvalue weighted by molar-refractivity contribution is 8.02. The molecule has 0 bridgehead atoms. The van der Waals surface area contributed by atoms with Crippen LogP contribution in [0.1, 0.15) is 44.6 Å². The Balaban J connectivity index is 1.55. The van der Waals surface area contributed by atoms with Gasteiger partial charge in [-0.15, -0.1) is 0 Å². The summed E-state index contributed by atoms with van der Waals surface area (Å²) >= 11 is 3.59. The number of hydrogen-bond acceptors (Lipinski definition) is 4. The van der Waals surface area contributed by atoms with Gasteiger partial charge in [0.2, 0.25) is 0 Å². The second kappa shape index (κ2) is 9.73. The zero-order valence-electron chi connectivity index (χ0n) is 17.2. The van der Waals surface area contributed by atoms with Crippen molar-refractivity contribution in [3.05, 3.63) is 72.4 Å². The van der Waals surface area contributed by atoms with Crippen molar-refractivity contribution < 1.29 is 0 Å². The Morgan fingerprint density at radius 3 is 2.31 bits per heavy atom. The normalized spacial score (nSPS) is 14.4. The molecule has 0 unspecified atom stereocenters. The van der Waals surface area contributed by atoms with Crippen molar-refractivity contribution >= 4 is 29.2 Å². The highest BCUT2D eigenvalue weighted by Gasteiger charge is 2.13. The van der Waals surface area contributed by atoms with Crippen LogP contribution in [0.15, 0.2) is 86.6 Å². The third kappa shape index (κ3) is 5.37. The number of benzene rings is 2. The molecule has 1 aromatic heterocycles. The van der Waals surface area contributed by atoms with Crippen LogP contribution < -0.4 is 4.90 Å². The maximum atomic E-state index is 4.51. The minimum absolute atomic E-state index is 0.515. The monoisotopic (exact) mass is 420 g/mol. The van der Waals surface area contributed by atoms with Gasteiger partial charge in [-0.1, -0.05) is 49.5 Å². The Morgan fingerprint density at radius 1 is 0.828 bits per heavy atom. The van der Waals surface area contributed by atoms with Gasteiger partial charge in [-0.25, -0.2) is 4.98 Å². The van der Waals surface area contributed by atoms with E-state index in [2.05, 4.69) is 72.3 Å². The van der Waals surface area contributed by atoms with Gasteiger partial charge in [0.25, 0.3) is 0 Å². The highest BCUT2D eigenvalue weighted by atomic mass is 32.2. The summed E-state index contributed by atoms with van der Waals surface area (Å²) < 4.78 is 0. The van der Waals surface area contributed by atoms with Crippen molar-refractivity contribution in [2.45, 2.75) is 58.7 Å². The summed E-state index contributed by atoms with van der Waals surface area (Å²) in [5, 5.41) is 1.04. The summed E-state index contributed by atoms with van der Waals surface area (Å²) in [6.07, 6.45) is 5.86. The van der Waals surface area contributed by atoms with Gasteiger partial charge in [-0.2, -0.15) is 0 Å². The van der Waals surface area contributed by atoms with Crippen molar-refractivity contribution in [3.8, 4) is 0 Å². The quantitative estimate of drug-likeness (QED) is 0.410. The molecule has 0 spiro atoms. The van der Waals surface area contributed by atoms with Crippen molar-refractivity contribution in [3.63, 3.8) is 0 Å². The molecule has 2 nitrogen and oxygen atoms in total. The fraction of sp³-hybridized carbons (Fsp3) is 0.320. The molecular weight excluding hydrogens is 392 g/mol. The van der Waals surface area contributed by atoms with Gasteiger partial charge < -0.3 is 4.90 Å². The van der Waals surface area contributed by atoms with Gasteiger partial charge >= 0.3 is 0 Å². The van der Waals surface area contributed by atoms with E-state index in [0.717, 1.165) is 5.03 Å². The number of rotatable bonds is 6. The largest absolute Gasteiger partial charge is 0.372 e. The first-order chi connectivity index (χ1) is 14.2. The lowest BCUT2D eigenvalue weighted by Gasteiger charge is -2.28. The van der Waals surface area contributed by atoms with Crippen LogP contribution in [0.25, 0.3) is 0 Å². The molecule has 0 aliphatic carbocycles. The summed E-state index contributed by atoms with van der Waals surface area (Å²) in [6, 6.07) is 22.0. The zero-order valence-corrected chi connectivity index (χ0v) is 18.8. The predicted octanol–water partition coefficient (Wildman–Crippen LogP) is 7.50. The summed E-state index contributed by atoms with van der Waals surface area (Å²) in [7, 11) is 0. The smallest absolute Gasteiger partial charge is 0.101 e. The second-order valence-corrected chi connectivity index (χ2v) is 9.95. The van der Waals surface area contributed by atoms with Gasteiger partial charge in [-0.05, 0) is 79.3 Å². The van der Waals surface area contributed by atoms with E-state index in [1.54, 1.807) is 11.8 Å². The third-order valence-electron chi connectivity index (χ3n) is 5.27. The fourth-order valence-corrected chi connectivity index (χ4v) is 5.49. The van der Waals surface area contributed by atoms with E-state index in [4.69, 9.17) is 0 Å². The molecule has 4 heteroatoms. The Labute approximate surface area is 183 Å². The van der Waals surface area contributed by atoms with Gasteiger partial charge in [-0.3, -0.25) is 0 Å². The number of aromatic nitrogens is 1. The Morgan fingerprint density at radius 2 is 1.62 bits per heavy atom. The van der Waals surface area contributed by atoms with Crippen LogP contribution in [0.2, 0.25) is 0 Å². The molecule has 2 heterocycles. The molecule has 1 fully saturated rings. The first-order valence-electron chi connectivity index (χ1n) is 10.4. The molecule has 4 rings (SSSR count). The number of piperidine rings is 1. The molecule has 0 atom stereocenters. The molecule has 1 aliphatic rings. The van der Waals surface area contributed by atoms with Gasteiger partial charge in [0.05, 0.1) is 0 Å². The average Bonchev–Trinajstić information content (AvgIpc) is 2.77. The molecule has 0 saturated carbocycles. The van der Waals surface area contributed by atoms with Crippen molar-refractivity contribution in [1.82, 2.24) is 4.98 Å². The predicted molar refractivity (Wildman–Crippen MR) is 126 cm³/mol. The van der Waals surface area contributed by atoms with Crippen molar-refractivity contribution in [2.75, 3.05) is 18.0 Å². The average molecular weight is 421 g/mol. The molecule has 1 aliphatic heterocycles. The first kappa shape index (κ1) is 20.4. The standard InChI is InChI=1S/C25H28N2S2/c1-19(2)20-9-14-23(24(18-20)29-25-8-4-5-15-26-25)28-22-12-10-21(11-13-22)27-16-6-3-7-17-27/h4-5,8-15,18-19H,3,6-7,16-17H2,1-2H3. The van der Waals surface area contributed by atoms with Gasteiger partial charge in [0.1, 0.15) is 5.03 Å². The molecule has 0 N–H and O–H groups in total. The van der Waals surface area contributed by atoms with Gasteiger partial charge in [0, 0.05) is 39.7 Å². The Kier molecular flexibility index (Phi) is 6.83. The van der Waals surface area contributed by atoms with Crippen LogP contribution in [-0.4, -0.2) is 18.1 Å². The molecule has 3 aromatic rings. The Hall–Kier alpha value is -1.91. The van der Waals surface area contributed by atoms with E-state index in [9.17, 15) is 0 Å². The molecule has 150 valence electrons. The SMILES string of the molecule is CC(C)c1ccc(Sc2ccc(N3CCCCC3)cc2)c(Sc2ccccn2)c1. The van der Waals surface area contributed by atoms with E-state index in [0.29, 0.717) is 5.92 Å². The minimum atomic E-state index is 0.515. The fourth-order valence-electron chi connectivity index (χ4n) is 3.57. The van der Waals surface area contributed by atoms with Crippen LogP contribution in [-0.2, 0) is 0 Å². The third-order valence-corrected chi connectivity index (χ3v) is 7.49. The summed E-state index contributed by atoms with van der Waals surface area (Å²) in [5.41, 5.74) is 2.72. The second-order valence-electron chi connectivity index (χ2n) is 7.77. The van der Waals surface area contributed by atoms with E-state index in [-0.39, 0.29) is 0 Å². The number of pyridine rings is 1. The van der Waals surface area contributed by atoms with Crippen LogP contribution >= 0.6 is 23.5 Å². The maximum Gasteiger partial charge on any atom is 0.101 e. The van der Waals surface area contributed by atoms with E-state index in [1.165, 1.54) is 58.3 Å². The van der Waals surface area contributed by atoms with E-state index in [1.807, 2.05) is 30.1 Å². The van der Waals surface area contributed by atoms with Gasteiger partial charge in [0.15, 0.2) is 0 Å². The Bertz CT molecular complexity index is 917. The van der Waals surface area contributed by atoms with Crippen LogP contribution in [0, 0.1) is 0 Å². The molecule has 29 heavy (non-hydrogen) atoms. The molecule has 0 radical (unpaired) electrons. The van der Waals surface area contributed by atoms with Crippen LogP contribution in [0.3, 0.4) is 0 Å². The minimum Gasteiger partial charge on any atom is -0.372 e. The van der Waals surface area contributed by atoms with Crippen molar-refractivity contribution in [2.24, 2.45) is 0 Å². The molecule has 0 amide bonds. The van der Waals surface area contributed by atoms with Crippen molar-refractivity contribution in [1.29, 1.82) is 0 Å². The summed E-state index contributed by atoms with van der Waals surface area (Å²) in [4.78, 5) is 10.9. The number of nitrogens with zero attached hydrogens (tertiary/aromatic N) is 2. The lowest BCUT2D eigenvalue weighted by molar-refractivity contribution is 0.578. The maximum absolute atomic E-state index is 4.51. The molecule has 1 saturated heterocycles. The lowest BCUT2D eigenvalue weighted by Crippen LogP contribution is -2.29. The molecular formula is C25H28N2S2.